The molecule has 5 rings (SSSR count). The minimum atomic E-state index is -0.548. The van der Waals surface area contributed by atoms with E-state index in [1.807, 2.05) is 65.6 Å². The average molecular weight is 471 g/mol. The fourth-order valence-corrected chi connectivity index (χ4v) is 5.26. The molecular weight excluding hydrogens is 444 g/mol. The van der Waals surface area contributed by atoms with Crippen molar-refractivity contribution in [3.05, 3.63) is 95.0 Å². The van der Waals surface area contributed by atoms with Gasteiger partial charge in [0, 0.05) is 18.4 Å². The highest BCUT2D eigenvalue weighted by Gasteiger charge is 2.31. The highest BCUT2D eigenvalue weighted by atomic mass is 32.1. The van der Waals surface area contributed by atoms with E-state index in [1.54, 1.807) is 13.1 Å². The van der Waals surface area contributed by atoms with Crippen molar-refractivity contribution in [2.75, 3.05) is 11.9 Å². The third-order valence-corrected chi connectivity index (χ3v) is 7.14. The number of nitrogens with zero attached hydrogens (tertiary/aromatic N) is 3. The third kappa shape index (κ3) is 4.71. The number of carbonyl (C=O) groups excluding carboxylic acids is 1. The zero-order valence-corrected chi connectivity index (χ0v) is 19.7. The van der Waals surface area contributed by atoms with Gasteiger partial charge in [0.25, 0.3) is 5.91 Å². The van der Waals surface area contributed by atoms with Gasteiger partial charge in [-0.05, 0) is 61.2 Å². The molecule has 2 aromatic heterocycles. The Kier molecular flexibility index (Phi) is 6.38. The molecule has 34 heavy (non-hydrogen) atoms. The van der Waals surface area contributed by atoms with Gasteiger partial charge in [-0.3, -0.25) is 4.79 Å². The van der Waals surface area contributed by atoms with Crippen LogP contribution in [0.4, 0.5) is 11.6 Å². The maximum Gasteiger partial charge on any atom is 0.264 e. The Hall–Kier alpha value is -3.55. The Morgan fingerprint density at radius 3 is 2.79 bits per heavy atom. The normalized spacial score (nSPS) is 16.4. The van der Waals surface area contributed by atoms with E-state index in [1.165, 1.54) is 16.9 Å². The first-order valence-electron chi connectivity index (χ1n) is 11.4. The molecule has 2 unspecified atom stereocenters. The number of likely N-dealkylation sites (tertiary alicyclic amines) is 1. The molecule has 2 atom stereocenters. The van der Waals surface area contributed by atoms with Crippen LogP contribution in [0.2, 0.25) is 0 Å². The molecule has 0 aliphatic carbocycles. The lowest BCUT2D eigenvalue weighted by atomic mass is 10.0. The Morgan fingerprint density at radius 1 is 1.12 bits per heavy atom. The summed E-state index contributed by atoms with van der Waals surface area (Å²) in [6.07, 6.45) is 3.16. The number of aliphatic hydroxyl groups excluding tert-OH is 1. The smallest absolute Gasteiger partial charge is 0.264 e. The molecule has 1 amide bonds. The molecule has 7 heteroatoms. The number of anilines is 2. The van der Waals surface area contributed by atoms with Gasteiger partial charge in [-0.25, -0.2) is 9.97 Å². The molecule has 3 heterocycles. The summed E-state index contributed by atoms with van der Waals surface area (Å²) in [7, 11) is 0. The summed E-state index contributed by atoms with van der Waals surface area (Å²) in [5.41, 5.74) is 3.57. The van der Waals surface area contributed by atoms with Crippen molar-refractivity contribution in [3.8, 4) is 10.6 Å². The molecule has 2 N–H and O–H groups in total. The maximum atomic E-state index is 13.3. The summed E-state index contributed by atoms with van der Waals surface area (Å²) in [5, 5.41) is 13.0. The second-order valence-electron chi connectivity index (χ2n) is 8.42. The van der Waals surface area contributed by atoms with E-state index in [0.29, 0.717) is 5.95 Å². The highest BCUT2D eigenvalue weighted by molar-refractivity contribution is 7.17. The standard InChI is InChI=1S/C27H26N4O2S/c1-18(32)20-9-5-10-21(17-20)29-27-28-15-14-22(30-27)24-12-13-25(34-24)26(33)31-16-6-11-23(31)19-7-3-2-4-8-19/h2-5,7-10,12-15,17-18,23,32H,6,11,16H2,1H3,(H,28,29,30). The Balaban J connectivity index is 1.34. The van der Waals surface area contributed by atoms with Crippen molar-refractivity contribution in [1.29, 1.82) is 0 Å². The van der Waals surface area contributed by atoms with Gasteiger partial charge < -0.3 is 15.3 Å². The molecule has 0 spiro atoms. The summed E-state index contributed by atoms with van der Waals surface area (Å²) in [5.74, 6) is 0.537. The molecule has 172 valence electrons. The minimum absolute atomic E-state index is 0.0740. The zero-order chi connectivity index (χ0) is 23.5. The SMILES string of the molecule is CC(O)c1cccc(Nc2nccc(-c3ccc(C(=O)N4CCCC4c4ccccc4)s3)n2)c1. The minimum Gasteiger partial charge on any atom is -0.389 e. The van der Waals surface area contributed by atoms with Crippen LogP contribution in [0, 0.1) is 0 Å². The summed E-state index contributed by atoms with van der Waals surface area (Å²) < 4.78 is 0. The van der Waals surface area contributed by atoms with Crippen LogP contribution in [0.3, 0.4) is 0 Å². The summed E-state index contributed by atoms with van der Waals surface area (Å²) >= 11 is 1.46. The Bertz CT molecular complexity index is 1290. The first-order chi connectivity index (χ1) is 16.6. The van der Waals surface area contributed by atoms with Gasteiger partial charge in [-0.15, -0.1) is 11.3 Å². The van der Waals surface area contributed by atoms with Crippen LogP contribution < -0.4 is 5.32 Å². The van der Waals surface area contributed by atoms with Crippen LogP contribution >= 0.6 is 11.3 Å². The molecule has 0 saturated carbocycles. The molecule has 2 aromatic carbocycles. The Labute approximate surface area is 202 Å². The number of thiophene rings is 1. The van der Waals surface area contributed by atoms with E-state index in [2.05, 4.69) is 27.4 Å². The van der Waals surface area contributed by atoms with Gasteiger partial charge in [-0.2, -0.15) is 0 Å². The predicted octanol–water partition coefficient (Wildman–Crippen LogP) is 5.98. The van der Waals surface area contributed by atoms with Crippen molar-refractivity contribution >= 4 is 28.9 Å². The molecular formula is C27H26N4O2S. The van der Waals surface area contributed by atoms with E-state index in [4.69, 9.17) is 0 Å². The van der Waals surface area contributed by atoms with Crippen molar-refractivity contribution in [2.45, 2.75) is 31.9 Å². The molecule has 1 saturated heterocycles. The van der Waals surface area contributed by atoms with Crippen molar-refractivity contribution in [2.24, 2.45) is 0 Å². The van der Waals surface area contributed by atoms with Gasteiger partial charge in [0.05, 0.1) is 27.6 Å². The largest absolute Gasteiger partial charge is 0.389 e. The fourth-order valence-electron chi connectivity index (χ4n) is 4.33. The van der Waals surface area contributed by atoms with Gasteiger partial charge in [0.15, 0.2) is 0 Å². The summed E-state index contributed by atoms with van der Waals surface area (Å²) in [6, 6.07) is 23.6. The third-order valence-electron chi connectivity index (χ3n) is 6.05. The van der Waals surface area contributed by atoms with Crippen LogP contribution in [0.5, 0.6) is 0 Å². The van der Waals surface area contributed by atoms with Crippen LogP contribution in [0.1, 0.15) is 52.7 Å². The number of amides is 1. The van der Waals surface area contributed by atoms with Gasteiger partial charge in [0.1, 0.15) is 0 Å². The predicted molar refractivity (Wildman–Crippen MR) is 135 cm³/mol. The van der Waals surface area contributed by atoms with E-state index < -0.39 is 6.10 Å². The molecule has 0 radical (unpaired) electrons. The number of aliphatic hydroxyl groups is 1. The van der Waals surface area contributed by atoms with E-state index >= 15 is 0 Å². The molecule has 4 aromatic rings. The lowest BCUT2D eigenvalue weighted by molar-refractivity contribution is 0.0740. The van der Waals surface area contributed by atoms with Crippen LogP contribution in [0.25, 0.3) is 10.6 Å². The van der Waals surface area contributed by atoms with Crippen LogP contribution in [0.15, 0.2) is 79.0 Å². The van der Waals surface area contributed by atoms with E-state index in [9.17, 15) is 9.90 Å². The fraction of sp³-hybridized carbons (Fsp3) is 0.222. The highest BCUT2D eigenvalue weighted by Crippen LogP contribution is 2.35. The van der Waals surface area contributed by atoms with E-state index in [-0.39, 0.29) is 11.9 Å². The molecule has 1 aliphatic rings. The number of hydrogen-bond acceptors (Lipinski definition) is 6. The van der Waals surface area contributed by atoms with Gasteiger partial charge >= 0.3 is 0 Å². The topological polar surface area (TPSA) is 78.3 Å². The molecule has 1 fully saturated rings. The summed E-state index contributed by atoms with van der Waals surface area (Å²) in [6.45, 7) is 2.51. The first kappa shape index (κ1) is 22.3. The lowest BCUT2D eigenvalue weighted by Crippen LogP contribution is -2.29. The van der Waals surface area contributed by atoms with Gasteiger partial charge in [0.2, 0.25) is 5.95 Å². The number of hydrogen-bond donors (Lipinski definition) is 2. The number of nitrogens with one attached hydrogen (secondary N) is 1. The molecule has 6 nitrogen and oxygen atoms in total. The number of rotatable bonds is 6. The van der Waals surface area contributed by atoms with Gasteiger partial charge in [-0.1, -0.05) is 42.5 Å². The zero-order valence-electron chi connectivity index (χ0n) is 18.9. The monoisotopic (exact) mass is 470 g/mol. The van der Waals surface area contributed by atoms with Crippen molar-refractivity contribution in [1.82, 2.24) is 14.9 Å². The number of carbonyl (C=O) groups is 1. The van der Waals surface area contributed by atoms with Crippen LogP contribution in [-0.4, -0.2) is 32.4 Å². The second kappa shape index (κ2) is 9.75. The van der Waals surface area contributed by atoms with Crippen molar-refractivity contribution < 1.29 is 9.90 Å². The maximum absolute atomic E-state index is 13.3. The van der Waals surface area contributed by atoms with E-state index in [0.717, 1.165) is 46.1 Å². The average Bonchev–Trinajstić information content (AvgIpc) is 3.55. The lowest BCUT2D eigenvalue weighted by Gasteiger charge is -2.24. The number of aromatic nitrogens is 2. The number of benzene rings is 2. The second-order valence-corrected chi connectivity index (χ2v) is 9.51. The Morgan fingerprint density at radius 2 is 1.97 bits per heavy atom. The molecule has 0 bridgehead atoms. The first-order valence-corrected chi connectivity index (χ1v) is 12.2. The summed E-state index contributed by atoms with van der Waals surface area (Å²) in [4.78, 5) is 25.9. The molecule has 1 aliphatic heterocycles. The van der Waals surface area contributed by atoms with Crippen molar-refractivity contribution in [3.63, 3.8) is 0 Å². The quantitative estimate of drug-likeness (QED) is 0.362. The van der Waals surface area contributed by atoms with Crippen LogP contribution in [-0.2, 0) is 0 Å².